The van der Waals surface area contributed by atoms with E-state index in [0.29, 0.717) is 6.42 Å². The van der Waals surface area contributed by atoms with E-state index in [-0.39, 0.29) is 5.91 Å². The first-order valence-corrected chi connectivity index (χ1v) is 9.95. The van der Waals surface area contributed by atoms with Gasteiger partial charge >= 0.3 is 0 Å². The Hall–Kier alpha value is -2.33. The highest BCUT2D eigenvalue weighted by molar-refractivity contribution is 5.79. The van der Waals surface area contributed by atoms with Crippen LogP contribution >= 0.6 is 0 Å². The molecule has 2 aliphatic rings. The number of hydrogen-bond donors (Lipinski definition) is 0. The molecule has 142 valence electrons. The minimum absolute atomic E-state index is 0.261. The maximum Gasteiger partial charge on any atom is 0.227 e. The van der Waals surface area contributed by atoms with E-state index < -0.39 is 0 Å². The van der Waals surface area contributed by atoms with Gasteiger partial charge in [0, 0.05) is 32.7 Å². The molecule has 0 bridgehead atoms. The molecule has 27 heavy (non-hydrogen) atoms. The van der Waals surface area contributed by atoms with Crippen molar-refractivity contribution < 1.29 is 9.53 Å². The van der Waals surface area contributed by atoms with Gasteiger partial charge in [0.2, 0.25) is 5.91 Å². The molecule has 4 rings (SSSR count). The zero-order valence-electron chi connectivity index (χ0n) is 16.1. The molecule has 1 aliphatic heterocycles. The van der Waals surface area contributed by atoms with E-state index in [1.165, 1.54) is 41.5 Å². The SMILES string of the molecule is COc1ccc(CN2CCN(C(=O)Cc3ccc4c(c3)CCC4)CC2)cc1. The number of hydrogen-bond acceptors (Lipinski definition) is 3. The highest BCUT2D eigenvalue weighted by Gasteiger charge is 2.21. The van der Waals surface area contributed by atoms with E-state index in [1.807, 2.05) is 17.0 Å². The fraction of sp³-hybridized carbons (Fsp3) is 0.435. The van der Waals surface area contributed by atoms with Gasteiger partial charge in [0.05, 0.1) is 13.5 Å². The van der Waals surface area contributed by atoms with Crippen LogP contribution in [-0.2, 0) is 30.6 Å². The van der Waals surface area contributed by atoms with Crippen LogP contribution < -0.4 is 4.74 Å². The molecule has 1 fully saturated rings. The van der Waals surface area contributed by atoms with Crippen molar-refractivity contribution in [2.75, 3.05) is 33.3 Å². The summed E-state index contributed by atoms with van der Waals surface area (Å²) in [5.74, 6) is 1.15. The van der Waals surface area contributed by atoms with Gasteiger partial charge in [-0.15, -0.1) is 0 Å². The van der Waals surface area contributed by atoms with Crippen molar-refractivity contribution in [1.29, 1.82) is 0 Å². The molecule has 2 aromatic rings. The third-order valence-electron chi connectivity index (χ3n) is 5.81. The van der Waals surface area contributed by atoms with Crippen molar-refractivity contribution in [3.8, 4) is 5.75 Å². The zero-order valence-corrected chi connectivity index (χ0v) is 16.1. The molecule has 0 atom stereocenters. The molecule has 1 saturated heterocycles. The molecular weight excluding hydrogens is 336 g/mol. The third kappa shape index (κ3) is 4.33. The third-order valence-corrected chi connectivity index (χ3v) is 5.81. The predicted octanol–water partition coefficient (Wildman–Crippen LogP) is 3.07. The number of nitrogens with zero attached hydrogens (tertiary/aromatic N) is 2. The van der Waals surface area contributed by atoms with Gasteiger partial charge in [0.1, 0.15) is 5.75 Å². The Labute approximate surface area is 161 Å². The predicted molar refractivity (Wildman–Crippen MR) is 107 cm³/mol. The Morgan fingerprint density at radius 1 is 0.926 bits per heavy atom. The minimum Gasteiger partial charge on any atom is -0.497 e. The van der Waals surface area contributed by atoms with Crippen molar-refractivity contribution in [2.24, 2.45) is 0 Å². The minimum atomic E-state index is 0.261. The molecular formula is C23H28N2O2. The maximum absolute atomic E-state index is 12.7. The van der Waals surface area contributed by atoms with Crippen LogP contribution in [0, 0.1) is 0 Å². The molecule has 1 aliphatic carbocycles. The van der Waals surface area contributed by atoms with E-state index in [4.69, 9.17) is 4.74 Å². The molecule has 0 N–H and O–H groups in total. The summed E-state index contributed by atoms with van der Waals surface area (Å²) >= 11 is 0. The van der Waals surface area contributed by atoms with Crippen LogP contribution in [0.2, 0.25) is 0 Å². The molecule has 1 amide bonds. The van der Waals surface area contributed by atoms with Gasteiger partial charge in [-0.05, 0) is 53.6 Å². The van der Waals surface area contributed by atoms with Crippen LogP contribution in [0.4, 0.5) is 0 Å². The molecule has 0 saturated carbocycles. The lowest BCUT2D eigenvalue weighted by atomic mass is 10.0. The van der Waals surface area contributed by atoms with Crippen molar-refractivity contribution in [3.63, 3.8) is 0 Å². The Morgan fingerprint density at radius 2 is 1.63 bits per heavy atom. The summed E-state index contributed by atoms with van der Waals surface area (Å²) in [5, 5.41) is 0. The summed E-state index contributed by atoms with van der Waals surface area (Å²) in [6, 6.07) is 14.9. The number of benzene rings is 2. The lowest BCUT2D eigenvalue weighted by Gasteiger charge is -2.35. The van der Waals surface area contributed by atoms with Gasteiger partial charge in [0.15, 0.2) is 0 Å². The van der Waals surface area contributed by atoms with E-state index in [2.05, 4.69) is 35.2 Å². The summed E-state index contributed by atoms with van der Waals surface area (Å²) in [4.78, 5) is 17.1. The monoisotopic (exact) mass is 364 g/mol. The highest BCUT2D eigenvalue weighted by Crippen LogP contribution is 2.23. The highest BCUT2D eigenvalue weighted by atomic mass is 16.5. The molecule has 1 heterocycles. The largest absolute Gasteiger partial charge is 0.497 e. The fourth-order valence-electron chi connectivity index (χ4n) is 4.17. The number of rotatable bonds is 5. The number of carbonyl (C=O) groups is 1. The van der Waals surface area contributed by atoms with Crippen LogP contribution in [0.1, 0.15) is 28.7 Å². The average Bonchev–Trinajstić information content (AvgIpc) is 3.17. The average molecular weight is 364 g/mol. The van der Waals surface area contributed by atoms with Gasteiger partial charge < -0.3 is 9.64 Å². The standard InChI is InChI=1S/C23H28N2O2/c1-27-22-9-6-18(7-10-22)17-24-11-13-25(14-12-24)23(26)16-19-5-8-20-3-2-4-21(20)15-19/h5-10,15H,2-4,11-14,16-17H2,1H3. The molecule has 4 heteroatoms. The first-order chi connectivity index (χ1) is 13.2. The molecule has 4 nitrogen and oxygen atoms in total. The lowest BCUT2D eigenvalue weighted by Crippen LogP contribution is -2.48. The molecule has 2 aromatic carbocycles. The number of amides is 1. The van der Waals surface area contributed by atoms with Crippen molar-refractivity contribution in [2.45, 2.75) is 32.2 Å². The van der Waals surface area contributed by atoms with Gasteiger partial charge in [-0.2, -0.15) is 0 Å². The number of ether oxygens (including phenoxy) is 1. The molecule has 0 aromatic heterocycles. The number of carbonyl (C=O) groups excluding carboxylic acids is 1. The Bertz CT molecular complexity index is 793. The zero-order chi connectivity index (χ0) is 18.6. The molecule has 0 radical (unpaired) electrons. The van der Waals surface area contributed by atoms with E-state index in [9.17, 15) is 4.79 Å². The van der Waals surface area contributed by atoms with E-state index in [0.717, 1.165) is 38.5 Å². The van der Waals surface area contributed by atoms with Crippen LogP contribution in [-0.4, -0.2) is 49.0 Å². The Balaban J connectivity index is 1.27. The summed E-state index contributed by atoms with van der Waals surface area (Å²) in [5.41, 5.74) is 5.37. The van der Waals surface area contributed by atoms with Gasteiger partial charge in [-0.3, -0.25) is 9.69 Å². The lowest BCUT2D eigenvalue weighted by molar-refractivity contribution is -0.132. The van der Waals surface area contributed by atoms with Gasteiger partial charge in [0.25, 0.3) is 0 Å². The van der Waals surface area contributed by atoms with E-state index in [1.54, 1.807) is 7.11 Å². The summed E-state index contributed by atoms with van der Waals surface area (Å²) in [6.45, 7) is 4.43. The first-order valence-electron chi connectivity index (χ1n) is 9.95. The smallest absolute Gasteiger partial charge is 0.227 e. The van der Waals surface area contributed by atoms with E-state index >= 15 is 0 Å². The maximum atomic E-state index is 12.7. The first kappa shape index (κ1) is 18.1. The second-order valence-electron chi connectivity index (χ2n) is 7.64. The van der Waals surface area contributed by atoms with Crippen molar-refractivity contribution in [3.05, 3.63) is 64.7 Å². The number of methoxy groups -OCH3 is 1. The topological polar surface area (TPSA) is 32.8 Å². The van der Waals surface area contributed by atoms with Crippen molar-refractivity contribution in [1.82, 2.24) is 9.80 Å². The quantitative estimate of drug-likeness (QED) is 0.817. The summed E-state index contributed by atoms with van der Waals surface area (Å²) < 4.78 is 5.22. The Morgan fingerprint density at radius 3 is 2.37 bits per heavy atom. The number of fused-ring (bicyclic) bond motifs is 1. The number of aryl methyl sites for hydroxylation is 2. The second-order valence-corrected chi connectivity index (χ2v) is 7.64. The fourth-order valence-corrected chi connectivity index (χ4v) is 4.17. The number of piperazine rings is 1. The van der Waals surface area contributed by atoms with Crippen LogP contribution in [0.25, 0.3) is 0 Å². The van der Waals surface area contributed by atoms with Crippen LogP contribution in [0.15, 0.2) is 42.5 Å². The second kappa shape index (κ2) is 8.13. The molecule has 0 spiro atoms. The normalized spacial score (nSPS) is 17.0. The van der Waals surface area contributed by atoms with Gasteiger partial charge in [-0.25, -0.2) is 0 Å². The summed E-state index contributed by atoms with van der Waals surface area (Å²) in [6.07, 6.45) is 4.15. The summed E-state index contributed by atoms with van der Waals surface area (Å²) in [7, 11) is 1.69. The van der Waals surface area contributed by atoms with Crippen molar-refractivity contribution >= 4 is 5.91 Å². The van der Waals surface area contributed by atoms with Gasteiger partial charge in [-0.1, -0.05) is 30.3 Å². The Kier molecular flexibility index (Phi) is 5.44. The molecule has 0 unspecified atom stereocenters. The van der Waals surface area contributed by atoms with Crippen LogP contribution in [0.3, 0.4) is 0 Å². The van der Waals surface area contributed by atoms with Crippen LogP contribution in [0.5, 0.6) is 5.75 Å².